The second kappa shape index (κ2) is 13.0. The molecule has 0 radical (unpaired) electrons. The van der Waals surface area contributed by atoms with Crippen LogP contribution in [0.15, 0.2) is 59.7 Å². The van der Waals surface area contributed by atoms with Crippen LogP contribution in [-0.4, -0.2) is 24.1 Å². The summed E-state index contributed by atoms with van der Waals surface area (Å²) in [5.41, 5.74) is 2.95. The third-order valence-corrected chi connectivity index (χ3v) is 6.51. The first kappa shape index (κ1) is 25.6. The van der Waals surface area contributed by atoms with E-state index in [-0.39, 0.29) is 11.9 Å². The largest absolute Gasteiger partial charge is 0.498 e. The minimum Gasteiger partial charge on any atom is -0.498 e. The van der Waals surface area contributed by atoms with Gasteiger partial charge in [-0.3, -0.25) is 0 Å². The molecule has 0 fully saturated rings. The topological polar surface area (TPSA) is 38.7 Å². The Morgan fingerprint density at radius 1 is 1.32 bits per heavy atom. The highest BCUT2D eigenvalue weighted by molar-refractivity contribution is 5.28. The van der Waals surface area contributed by atoms with E-state index < -0.39 is 6.29 Å². The molecule has 0 aromatic heterocycles. The average Bonchev–Trinajstić information content (AvgIpc) is 2.78. The average molecular weight is 433 g/mol. The van der Waals surface area contributed by atoms with Crippen molar-refractivity contribution in [2.45, 2.75) is 91.0 Å². The van der Waals surface area contributed by atoms with Gasteiger partial charge in [-0.1, -0.05) is 65.0 Å². The predicted octanol–water partition coefficient (Wildman–Crippen LogP) is 7.31. The van der Waals surface area contributed by atoms with Gasteiger partial charge in [0.05, 0.1) is 24.3 Å². The zero-order chi connectivity index (χ0) is 22.8. The van der Waals surface area contributed by atoms with Crippen LogP contribution in [0.4, 0.5) is 4.39 Å². The summed E-state index contributed by atoms with van der Waals surface area (Å²) in [6, 6.07) is 0. The molecule has 31 heavy (non-hydrogen) atoms. The van der Waals surface area contributed by atoms with E-state index in [0.717, 1.165) is 56.3 Å². The van der Waals surface area contributed by atoms with Crippen LogP contribution in [0, 0.1) is 11.8 Å². The lowest BCUT2D eigenvalue weighted by Crippen LogP contribution is -2.34. The van der Waals surface area contributed by atoms with E-state index in [1.807, 2.05) is 13.0 Å². The number of ether oxygens (including phenoxy) is 2. The quantitative estimate of drug-likeness (QED) is 0.259. The Hall–Kier alpha value is -1.65. The van der Waals surface area contributed by atoms with Crippen molar-refractivity contribution in [1.29, 1.82) is 0 Å². The van der Waals surface area contributed by atoms with Gasteiger partial charge in [0.15, 0.2) is 6.29 Å². The number of hydrogen-bond acceptors (Lipinski definition) is 3. The van der Waals surface area contributed by atoms with E-state index in [9.17, 15) is 9.50 Å². The molecule has 0 spiro atoms. The van der Waals surface area contributed by atoms with Gasteiger partial charge < -0.3 is 14.6 Å². The van der Waals surface area contributed by atoms with Gasteiger partial charge in [0.2, 0.25) is 0 Å². The number of hydrogen-bond donors (Lipinski definition) is 1. The van der Waals surface area contributed by atoms with Crippen LogP contribution in [0.25, 0.3) is 0 Å². The first-order valence-electron chi connectivity index (χ1n) is 11.9. The van der Waals surface area contributed by atoms with Gasteiger partial charge in [0.25, 0.3) is 0 Å². The van der Waals surface area contributed by atoms with Crippen LogP contribution >= 0.6 is 0 Å². The van der Waals surface area contributed by atoms with Gasteiger partial charge in [-0.15, -0.1) is 0 Å². The van der Waals surface area contributed by atoms with Gasteiger partial charge in [0, 0.05) is 12.0 Å². The highest BCUT2D eigenvalue weighted by Gasteiger charge is 2.32. The minimum atomic E-state index is -1.04. The maximum Gasteiger partial charge on any atom is 0.180 e. The van der Waals surface area contributed by atoms with Gasteiger partial charge in [0.1, 0.15) is 0 Å². The van der Waals surface area contributed by atoms with Crippen LogP contribution in [0.1, 0.15) is 78.6 Å². The number of allylic oxidation sites excluding steroid dienone is 5. The SMILES string of the molecule is C=C/C(=C\C(=C)C(O)O[C@H]1CC(OC[C@@H]2CC=C(F)CC2)=C(CCC)C[C@H]1CC)CC. The fourth-order valence-corrected chi connectivity index (χ4v) is 4.42. The Morgan fingerprint density at radius 2 is 2.10 bits per heavy atom. The lowest BCUT2D eigenvalue weighted by atomic mass is 9.81. The molecule has 1 unspecified atom stereocenters. The summed E-state index contributed by atoms with van der Waals surface area (Å²) in [6.45, 7) is 14.8. The number of rotatable bonds is 12. The van der Waals surface area contributed by atoms with E-state index >= 15 is 0 Å². The van der Waals surface area contributed by atoms with Gasteiger partial charge in [-0.25, -0.2) is 4.39 Å². The Bertz CT molecular complexity index is 703. The summed E-state index contributed by atoms with van der Waals surface area (Å²) in [6.07, 6.45) is 11.8. The molecule has 4 atom stereocenters. The maximum atomic E-state index is 13.3. The molecule has 0 heterocycles. The van der Waals surface area contributed by atoms with E-state index in [1.165, 1.54) is 5.57 Å². The molecule has 2 aliphatic rings. The van der Waals surface area contributed by atoms with Crippen molar-refractivity contribution in [2.24, 2.45) is 11.8 Å². The van der Waals surface area contributed by atoms with Crippen molar-refractivity contribution in [3.05, 3.63) is 59.7 Å². The number of aliphatic hydroxyl groups excluding tert-OH is 1. The standard InChI is InChI=1S/C27H41FO3/c1-6-10-23-16-22(9-4)26(31-27(29)19(5)15-20(7-2)8-3)17-25(23)30-18-21-11-13-24(28)14-12-21/h7,13,15,21-22,26-27,29H,2,5-6,8-12,14,16-18H2,1,3-4H3/b20-15+/t21-,22-,26+,27?/m1/s1. The van der Waals surface area contributed by atoms with Crippen molar-refractivity contribution < 1.29 is 19.0 Å². The smallest absolute Gasteiger partial charge is 0.180 e. The Kier molecular flexibility index (Phi) is 10.8. The molecule has 1 N–H and O–H groups in total. The van der Waals surface area contributed by atoms with Crippen molar-refractivity contribution in [2.75, 3.05) is 6.61 Å². The Labute approximate surface area is 188 Å². The molecular weight excluding hydrogens is 391 g/mol. The predicted molar refractivity (Wildman–Crippen MR) is 126 cm³/mol. The summed E-state index contributed by atoms with van der Waals surface area (Å²) < 4.78 is 25.7. The first-order chi connectivity index (χ1) is 14.9. The van der Waals surface area contributed by atoms with Crippen molar-refractivity contribution in [1.82, 2.24) is 0 Å². The van der Waals surface area contributed by atoms with Crippen LogP contribution in [-0.2, 0) is 9.47 Å². The van der Waals surface area contributed by atoms with E-state index in [0.29, 0.717) is 36.9 Å². The summed E-state index contributed by atoms with van der Waals surface area (Å²) in [7, 11) is 0. The van der Waals surface area contributed by atoms with Gasteiger partial charge in [-0.05, 0) is 61.5 Å². The third kappa shape index (κ3) is 7.76. The second-order valence-electron chi connectivity index (χ2n) is 8.83. The van der Waals surface area contributed by atoms with Gasteiger partial charge >= 0.3 is 0 Å². The molecule has 0 amide bonds. The fraction of sp³-hybridized carbons (Fsp3) is 0.630. The normalized spacial score (nSPS) is 25.8. The van der Waals surface area contributed by atoms with Crippen molar-refractivity contribution >= 4 is 0 Å². The molecule has 0 aromatic carbocycles. The van der Waals surface area contributed by atoms with E-state index in [2.05, 4.69) is 27.0 Å². The molecule has 0 saturated heterocycles. The summed E-state index contributed by atoms with van der Waals surface area (Å²) in [5.74, 6) is 1.72. The molecular formula is C27H41FO3. The number of halogens is 1. The summed E-state index contributed by atoms with van der Waals surface area (Å²) >= 11 is 0. The molecule has 0 aromatic rings. The zero-order valence-electron chi connectivity index (χ0n) is 19.7. The highest BCUT2D eigenvalue weighted by atomic mass is 19.1. The lowest BCUT2D eigenvalue weighted by Gasteiger charge is -2.36. The highest BCUT2D eigenvalue weighted by Crippen LogP contribution is 2.38. The monoisotopic (exact) mass is 432 g/mol. The number of aliphatic hydroxyl groups is 1. The molecule has 174 valence electrons. The second-order valence-corrected chi connectivity index (χ2v) is 8.83. The minimum absolute atomic E-state index is 0.00464. The van der Waals surface area contributed by atoms with E-state index in [1.54, 1.807) is 12.2 Å². The molecule has 0 bridgehead atoms. The summed E-state index contributed by atoms with van der Waals surface area (Å²) in [5, 5.41) is 10.6. The zero-order valence-corrected chi connectivity index (χ0v) is 19.7. The lowest BCUT2D eigenvalue weighted by molar-refractivity contribution is -0.133. The van der Waals surface area contributed by atoms with Crippen LogP contribution < -0.4 is 0 Å². The fourth-order valence-electron chi connectivity index (χ4n) is 4.42. The van der Waals surface area contributed by atoms with Crippen molar-refractivity contribution in [3.8, 4) is 0 Å². The molecule has 4 heteroatoms. The third-order valence-electron chi connectivity index (χ3n) is 6.51. The first-order valence-corrected chi connectivity index (χ1v) is 11.9. The summed E-state index contributed by atoms with van der Waals surface area (Å²) in [4.78, 5) is 0. The molecule has 3 nitrogen and oxygen atoms in total. The van der Waals surface area contributed by atoms with Crippen LogP contribution in [0.2, 0.25) is 0 Å². The Balaban J connectivity index is 2.07. The molecule has 2 aliphatic carbocycles. The molecule has 0 aliphatic heterocycles. The molecule has 0 saturated carbocycles. The maximum absolute atomic E-state index is 13.3. The van der Waals surface area contributed by atoms with Crippen LogP contribution in [0.3, 0.4) is 0 Å². The van der Waals surface area contributed by atoms with Crippen molar-refractivity contribution in [3.63, 3.8) is 0 Å². The Morgan fingerprint density at radius 3 is 2.68 bits per heavy atom. The van der Waals surface area contributed by atoms with Gasteiger partial charge in [-0.2, -0.15) is 0 Å². The van der Waals surface area contributed by atoms with E-state index in [4.69, 9.17) is 9.47 Å². The molecule has 2 rings (SSSR count). The van der Waals surface area contributed by atoms with Crippen LogP contribution in [0.5, 0.6) is 0 Å².